The van der Waals surface area contributed by atoms with E-state index in [0.29, 0.717) is 31.3 Å². The molecule has 26 heteroatoms. The number of aliphatic hydroxyl groups excluding tert-OH is 5. The van der Waals surface area contributed by atoms with Crippen LogP contribution in [-0.2, 0) is 58.4 Å². The molecule has 6 aliphatic rings. The van der Waals surface area contributed by atoms with Crippen molar-refractivity contribution in [2.24, 2.45) is 17.6 Å². The molecule has 6 aliphatic heterocycles. The molecule has 0 saturated carbocycles. The Morgan fingerprint density at radius 1 is 0.802 bits per heavy atom. The van der Waals surface area contributed by atoms with Gasteiger partial charge in [-0.2, -0.15) is 13.2 Å². The molecule has 9 rings (SSSR count). The molecule has 0 aliphatic carbocycles. The second-order valence-corrected chi connectivity index (χ2v) is 23.2. The number of para-hydroxylation sites is 1. The maximum atomic E-state index is 10.7. The third-order valence-electron chi connectivity index (χ3n) is 13.4. The van der Waals surface area contributed by atoms with E-state index < -0.39 is 58.0 Å². The monoisotopic (exact) mass is 1870 g/mol. The molecule has 7 heterocycles. The van der Waals surface area contributed by atoms with Gasteiger partial charge in [-0.1, -0.05) is 83.7 Å². The van der Waals surface area contributed by atoms with Crippen LogP contribution < -0.4 is 11.1 Å². The summed E-state index contributed by atoms with van der Waals surface area (Å²) < 4.78 is 49.3. The van der Waals surface area contributed by atoms with E-state index in [0.717, 1.165) is 26.0 Å². The fourth-order valence-electron chi connectivity index (χ4n) is 8.87. The van der Waals surface area contributed by atoms with Crippen LogP contribution in [0, 0.1) is 125 Å². The molecule has 3 aromatic rings. The second kappa shape index (κ2) is 43.2. The largest absolute Gasteiger partial charge is 0.547 e. The molecule has 1 amide bonds. The van der Waals surface area contributed by atoms with Gasteiger partial charge in [-0.25, -0.2) is 11.3 Å². The Morgan fingerprint density at radius 3 is 1.86 bits per heavy atom. The Hall–Kier alpha value is 0.456. The number of amides is 1. The number of nitrogens with zero attached hydrogens (tertiary/aromatic N) is 2. The van der Waals surface area contributed by atoms with Crippen LogP contribution in [0.3, 0.4) is 0 Å². The van der Waals surface area contributed by atoms with Crippen molar-refractivity contribution in [3.05, 3.63) is 111 Å². The van der Waals surface area contributed by atoms with Crippen molar-refractivity contribution < 1.29 is 170 Å². The first-order chi connectivity index (χ1) is 36.9. The van der Waals surface area contributed by atoms with Crippen molar-refractivity contribution >= 4 is 38.7 Å². The molecule has 20 nitrogen and oxygen atoms in total. The van der Waals surface area contributed by atoms with E-state index >= 15 is 0 Å². The number of carbonyl (C=O) groups is 2. The van der Waals surface area contributed by atoms with E-state index in [1.165, 1.54) is 44.7 Å². The SMILES string of the molecule is C.CC1[C@H](C)O[C@H](CO)[C@@H]1OP(O)(=S)OC[C@H]1O[CH-]C(O)[C@H]1O.CCNC(=O)CCC(C)=O.CC[C@H]1O[CH-]C(C)[C@H]1O[P@@]1O[C@H](c2ccccc2)[C@@H]2CCCN21.CC[C@H]1O[CH-]C(O)[C@H]1O.CN.[U].[U].[U].c1ccc(-n2cccc2)cc1. The number of benzene rings is 2. The van der Waals surface area contributed by atoms with Crippen LogP contribution in [0.5, 0.6) is 0 Å². The molecule has 5 unspecified atom stereocenters. The number of nitrogens with one attached hydrogen (secondary N) is 1. The molecular weight excluding hydrogens is 1780 g/mol. The molecule has 1 aromatic heterocycles. The van der Waals surface area contributed by atoms with E-state index in [9.17, 15) is 29.8 Å². The number of ketones is 1. The van der Waals surface area contributed by atoms with Crippen LogP contribution in [0.2, 0.25) is 0 Å². The van der Waals surface area contributed by atoms with Crippen LogP contribution in [0.15, 0.2) is 85.2 Å². The van der Waals surface area contributed by atoms with Crippen molar-refractivity contribution in [2.45, 2.75) is 174 Å². The minimum atomic E-state index is -3.60. The van der Waals surface area contributed by atoms with Gasteiger partial charge >= 0.3 is 6.72 Å². The van der Waals surface area contributed by atoms with E-state index in [2.05, 4.69) is 76.6 Å². The predicted octanol–water partition coefficient (Wildman–Crippen LogP) is 6.60. The number of aromatic nitrogens is 1. The number of ether oxygens (including phenoxy) is 4. The van der Waals surface area contributed by atoms with Gasteiger partial charge in [0.15, 0.2) is 0 Å². The van der Waals surface area contributed by atoms with Crippen LogP contribution >= 0.6 is 15.2 Å². The van der Waals surface area contributed by atoms with Gasteiger partial charge < -0.3 is 87.9 Å². The van der Waals surface area contributed by atoms with Gasteiger partial charge in [0.05, 0.1) is 43.7 Å². The summed E-state index contributed by atoms with van der Waals surface area (Å²) in [5, 5.41) is 48.8. The smallest absolute Gasteiger partial charge is 0.324 e. The van der Waals surface area contributed by atoms with Gasteiger partial charge in [0.1, 0.15) is 24.1 Å². The normalized spacial score (nSPS) is 31.1. The molecule has 9 N–H and O–H groups in total. The fraction of sp³-hybridized carbons (Fsp3) is 0.618. The summed E-state index contributed by atoms with van der Waals surface area (Å²) in [4.78, 5) is 31.2. The third kappa shape index (κ3) is 26.2. The maximum absolute atomic E-state index is 10.7. The maximum Gasteiger partial charge on any atom is 0.324 e. The van der Waals surface area contributed by atoms with Gasteiger partial charge in [-0.05, 0) is 107 Å². The van der Waals surface area contributed by atoms with Crippen LogP contribution in [0.4, 0.5) is 0 Å². The minimum absolute atomic E-state index is 0. The quantitative estimate of drug-likeness (QED) is 0.0554. The second-order valence-electron chi connectivity index (χ2n) is 19.0. The molecule has 0 spiro atoms. The summed E-state index contributed by atoms with van der Waals surface area (Å²) in [7, 11) is 0.515. The number of hydrogen-bond donors (Lipinski definition) is 8. The molecule has 0 radical (unpaired) electrons. The Labute approximate surface area is 559 Å². The van der Waals surface area contributed by atoms with Crippen LogP contribution in [-0.4, -0.2) is 158 Å². The van der Waals surface area contributed by atoms with Crippen molar-refractivity contribution in [2.75, 3.05) is 33.4 Å². The Morgan fingerprint density at radius 2 is 1.36 bits per heavy atom. The van der Waals surface area contributed by atoms with E-state index in [4.69, 9.17) is 59.1 Å². The summed E-state index contributed by atoms with van der Waals surface area (Å²) in [6.45, 7) is 15.2. The molecule has 2 aromatic carbocycles. The number of carbonyl (C=O) groups excluding carboxylic acids is 2. The summed E-state index contributed by atoms with van der Waals surface area (Å²) >= 11 is 4.95. The molecule has 6 fully saturated rings. The predicted molar refractivity (Wildman–Crippen MR) is 302 cm³/mol. The third-order valence-corrected chi connectivity index (χ3v) is 16.7. The summed E-state index contributed by atoms with van der Waals surface area (Å²) in [6, 6.07) is 25.3. The first-order valence-corrected chi connectivity index (χ1v) is 30.2. The first-order valence-electron chi connectivity index (χ1n) is 26.5. The average Bonchev–Trinajstić information content (AvgIpc) is 4.37. The zero-order valence-corrected chi connectivity index (χ0v) is 62.2. The topological polar surface area (TPSA) is 276 Å². The van der Waals surface area contributed by atoms with Gasteiger partial charge in [0, 0.05) is 162 Å². The van der Waals surface area contributed by atoms with Crippen molar-refractivity contribution in [3.63, 3.8) is 0 Å². The summed E-state index contributed by atoms with van der Waals surface area (Å²) in [5.41, 5.74) is 6.98. The molecular formula is C55H89N4O16P2SU3-3. The Kier molecular flexibility index (Phi) is 43.4. The molecule has 81 heavy (non-hydrogen) atoms. The van der Waals surface area contributed by atoms with Crippen molar-refractivity contribution in [1.82, 2.24) is 14.6 Å². The van der Waals surface area contributed by atoms with Crippen LogP contribution in [0.1, 0.15) is 106 Å². The van der Waals surface area contributed by atoms with E-state index in [1.807, 2.05) is 77.0 Å². The van der Waals surface area contributed by atoms with Crippen molar-refractivity contribution in [1.29, 1.82) is 0 Å². The number of aliphatic hydroxyl groups is 5. The molecule has 456 valence electrons. The van der Waals surface area contributed by atoms with Crippen molar-refractivity contribution in [3.8, 4) is 5.69 Å². The van der Waals surface area contributed by atoms with Gasteiger partial charge in [-0.3, -0.25) is 4.79 Å². The number of nitrogens with two attached hydrogens (primary N) is 1. The van der Waals surface area contributed by atoms with E-state index in [1.54, 1.807) is 0 Å². The molecule has 17 atom stereocenters. The fourth-order valence-corrected chi connectivity index (χ4v) is 12.4. The molecule has 6 saturated heterocycles. The van der Waals surface area contributed by atoms with Gasteiger partial charge in [0.25, 0.3) is 8.53 Å². The number of fused-ring (bicyclic) bond motifs is 1. The van der Waals surface area contributed by atoms with Crippen LogP contribution in [0.25, 0.3) is 5.69 Å². The zero-order chi connectivity index (χ0) is 56.7. The number of hydrogen-bond acceptors (Lipinski definition) is 18. The van der Waals surface area contributed by atoms with E-state index in [-0.39, 0.29) is 162 Å². The van der Waals surface area contributed by atoms with Gasteiger partial charge in [0.2, 0.25) is 5.91 Å². The zero-order valence-electron chi connectivity index (χ0n) is 47.1. The summed E-state index contributed by atoms with van der Waals surface area (Å²) in [6.07, 6.45) is 3.21. The standard InChI is InChI=1S/C18H25NO3P.C12H22O8PS.C10H9N.C7H13NO2.C6H11O3.CH5N.CH4.3U/c1-3-16-17(13(2)12-20-16)21-23-19-11-7-10-15(19)18(22-23)14-8-5-4-6-9-14;1-6-7(2)19-9(3-13)12(6)20-21(16,22)18-5-10-11(15)8(14)4-17-10;1-2-6-10(7-3-1)11-8-4-5-9-11;1-3-8-7(10)5-4-6(2)9;1-2-5-6(8)4(7)3-9-5;1-2;;;;/h4-6,8-9,12-13,15-18H,3,7,10-11H2,1-2H3;4,6-15H,3,5H2,1-2H3,(H,16,22);1-9H;3-5H2,1-2H3,(H,8,10);3-8H,2H2,1H3;2H2,1H3;1H4;;;/q2*-1;;;-1;;;;;/t13?,15-,16+,17+,18+,23-;6?,7-,8?,9+,10+,11+,12+,21?;;;4?,5-,6-;;;;;/m00..1...../s1. The number of rotatable bonds is 16. The minimum Gasteiger partial charge on any atom is -0.547 e. The average molecular weight is 1870 g/mol. The number of Topliss-reactive ketones (excluding diaryl/α,β-unsaturated/α-hetero) is 1. The Balaban J connectivity index is 0.00000102. The van der Waals surface area contributed by atoms with Gasteiger partial charge in [-0.15, -0.1) is 5.92 Å². The molecule has 0 bridgehead atoms. The first kappa shape index (κ1) is 81.5. The Bertz CT molecular complexity index is 2160. The summed E-state index contributed by atoms with van der Waals surface area (Å²) in [5.74, 6) is 0.269.